The van der Waals surface area contributed by atoms with Crippen molar-refractivity contribution in [3.05, 3.63) is 66.6 Å². The molecule has 12 heteroatoms. The van der Waals surface area contributed by atoms with Gasteiger partial charge >= 0.3 is 0 Å². The van der Waals surface area contributed by atoms with Crippen molar-refractivity contribution in [2.45, 2.75) is 25.8 Å². The third-order valence-corrected chi connectivity index (χ3v) is 7.18. The van der Waals surface area contributed by atoms with Gasteiger partial charge in [-0.3, -0.25) is 14.2 Å². The molecule has 2 aliphatic heterocycles. The molecule has 38 heavy (non-hydrogen) atoms. The Bertz CT molecular complexity index is 1540. The monoisotopic (exact) mass is 512 g/mol. The number of hydrogen-bond donors (Lipinski definition) is 2. The Morgan fingerprint density at radius 3 is 2.79 bits per heavy atom. The van der Waals surface area contributed by atoms with Gasteiger partial charge in [0.05, 0.1) is 11.4 Å². The fraction of sp³-hybridized carbons (Fsp3) is 0.308. The lowest BCUT2D eigenvalue weighted by atomic mass is 10.0. The molecule has 4 aromatic rings. The number of nitrogen functional groups attached to an aromatic ring is 1. The number of fused-ring (bicyclic) bond motifs is 1. The van der Waals surface area contributed by atoms with Crippen molar-refractivity contribution in [3.63, 3.8) is 0 Å². The minimum absolute atomic E-state index is 0.0355. The summed E-state index contributed by atoms with van der Waals surface area (Å²) in [5, 5.41) is 15.4. The highest BCUT2D eigenvalue weighted by atomic mass is 16.2. The van der Waals surface area contributed by atoms with Gasteiger partial charge in [-0.25, -0.2) is 9.50 Å². The second kappa shape index (κ2) is 9.61. The summed E-state index contributed by atoms with van der Waals surface area (Å²) >= 11 is 0. The molecule has 2 amide bonds. The zero-order valence-electron chi connectivity index (χ0n) is 21.0. The number of amides is 2. The van der Waals surface area contributed by atoms with Gasteiger partial charge in [-0.1, -0.05) is 12.1 Å². The van der Waals surface area contributed by atoms with Gasteiger partial charge in [0.15, 0.2) is 5.82 Å². The van der Waals surface area contributed by atoms with E-state index in [4.69, 9.17) is 5.73 Å². The third-order valence-electron chi connectivity index (χ3n) is 7.18. The van der Waals surface area contributed by atoms with Crippen LogP contribution in [0.4, 0.5) is 11.5 Å². The smallest absolute Gasteiger partial charge is 0.251 e. The van der Waals surface area contributed by atoms with Gasteiger partial charge in [0, 0.05) is 50.4 Å². The van der Waals surface area contributed by atoms with Crippen LogP contribution in [0.3, 0.4) is 0 Å². The Labute approximate surface area is 218 Å². The van der Waals surface area contributed by atoms with Gasteiger partial charge in [0.2, 0.25) is 5.91 Å². The molecule has 1 atom stereocenters. The SMILES string of the molecule is CC(=O)N1CC=C(c2cc(N3CCC[C@@H](NC(=O)c4cccc(-n5cnnc5)c4)C3)c3c(N)ncnn23)C1. The molecule has 1 saturated heterocycles. The average Bonchev–Trinajstić information content (AvgIpc) is 3.69. The summed E-state index contributed by atoms with van der Waals surface area (Å²) in [4.78, 5) is 33.3. The maximum absolute atomic E-state index is 13.2. The summed E-state index contributed by atoms with van der Waals surface area (Å²) in [6.07, 6.45) is 8.48. The summed E-state index contributed by atoms with van der Waals surface area (Å²) < 4.78 is 3.57. The molecule has 1 aromatic carbocycles. The molecular formula is C26H28N10O2. The van der Waals surface area contributed by atoms with E-state index in [1.165, 1.54) is 6.33 Å². The number of piperidine rings is 1. The molecule has 0 saturated carbocycles. The number of nitrogens with one attached hydrogen (secondary N) is 1. The van der Waals surface area contributed by atoms with Gasteiger partial charge in [-0.2, -0.15) is 5.10 Å². The van der Waals surface area contributed by atoms with Crippen LogP contribution in [0.25, 0.3) is 16.8 Å². The van der Waals surface area contributed by atoms with Crippen LogP contribution in [0.5, 0.6) is 0 Å². The second-order valence-electron chi connectivity index (χ2n) is 9.63. The highest BCUT2D eigenvalue weighted by Crippen LogP contribution is 2.34. The first-order valence-corrected chi connectivity index (χ1v) is 12.6. The van der Waals surface area contributed by atoms with Gasteiger partial charge in [-0.15, -0.1) is 10.2 Å². The van der Waals surface area contributed by atoms with Crippen LogP contribution in [0.2, 0.25) is 0 Å². The van der Waals surface area contributed by atoms with Crippen molar-refractivity contribution in [1.29, 1.82) is 0 Å². The summed E-state index contributed by atoms with van der Waals surface area (Å²) in [5.74, 6) is 0.297. The lowest BCUT2D eigenvalue weighted by Gasteiger charge is -2.34. The van der Waals surface area contributed by atoms with Crippen LogP contribution in [0.15, 0.2) is 55.4 Å². The lowest BCUT2D eigenvalue weighted by Crippen LogP contribution is -2.47. The zero-order valence-corrected chi connectivity index (χ0v) is 21.0. The molecule has 6 rings (SSSR count). The van der Waals surface area contributed by atoms with E-state index in [2.05, 4.69) is 42.6 Å². The minimum Gasteiger partial charge on any atom is -0.382 e. The van der Waals surface area contributed by atoms with Crippen molar-refractivity contribution in [2.75, 3.05) is 36.8 Å². The summed E-state index contributed by atoms with van der Waals surface area (Å²) in [6, 6.07) is 9.40. The van der Waals surface area contributed by atoms with Crippen LogP contribution < -0.4 is 16.0 Å². The van der Waals surface area contributed by atoms with Crippen molar-refractivity contribution >= 4 is 34.4 Å². The van der Waals surface area contributed by atoms with E-state index >= 15 is 0 Å². The number of aromatic nitrogens is 6. The van der Waals surface area contributed by atoms with E-state index in [-0.39, 0.29) is 17.9 Å². The van der Waals surface area contributed by atoms with E-state index in [1.54, 1.807) is 35.1 Å². The van der Waals surface area contributed by atoms with Crippen molar-refractivity contribution < 1.29 is 9.59 Å². The van der Waals surface area contributed by atoms with Crippen molar-refractivity contribution in [2.24, 2.45) is 0 Å². The van der Waals surface area contributed by atoms with Crippen LogP contribution in [0, 0.1) is 0 Å². The average molecular weight is 513 g/mol. The Morgan fingerprint density at radius 1 is 1.16 bits per heavy atom. The molecule has 1 fully saturated rings. The largest absolute Gasteiger partial charge is 0.382 e. The fourth-order valence-corrected chi connectivity index (χ4v) is 5.22. The number of carbonyl (C=O) groups is 2. The molecular weight excluding hydrogens is 484 g/mol. The Hall–Kier alpha value is -4.74. The topological polar surface area (TPSA) is 140 Å². The molecule has 3 aromatic heterocycles. The molecule has 0 unspecified atom stereocenters. The number of carbonyl (C=O) groups excluding carboxylic acids is 2. The number of nitrogens with two attached hydrogens (primary N) is 1. The number of anilines is 2. The Kier molecular flexibility index (Phi) is 5.98. The van der Waals surface area contributed by atoms with E-state index < -0.39 is 0 Å². The Balaban J connectivity index is 1.24. The van der Waals surface area contributed by atoms with Gasteiger partial charge in [-0.05, 0) is 42.7 Å². The van der Waals surface area contributed by atoms with Crippen molar-refractivity contribution in [1.82, 2.24) is 39.6 Å². The molecule has 0 spiro atoms. The van der Waals surface area contributed by atoms with E-state index in [0.29, 0.717) is 31.0 Å². The Morgan fingerprint density at radius 2 is 2.00 bits per heavy atom. The fourth-order valence-electron chi connectivity index (χ4n) is 5.22. The van der Waals surface area contributed by atoms with Crippen molar-refractivity contribution in [3.8, 4) is 5.69 Å². The predicted molar refractivity (Wildman–Crippen MR) is 142 cm³/mol. The first-order valence-electron chi connectivity index (χ1n) is 12.6. The highest BCUT2D eigenvalue weighted by molar-refractivity contribution is 5.95. The molecule has 194 valence electrons. The summed E-state index contributed by atoms with van der Waals surface area (Å²) in [6.45, 7) is 4.12. The molecule has 0 aliphatic carbocycles. The van der Waals surface area contributed by atoms with E-state index in [1.807, 2.05) is 22.7 Å². The minimum atomic E-state index is -0.127. The van der Waals surface area contributed by atoms with Gasteiger partial charge < -0.3 is 20.9 Å². The maximum Gasteiger partial charge on any atom is 0.251 e. The van der Waals surface area contributed by atoms with Crippen LogP contribution in [-0.2, 0) is 4.79 Å². The summed E-state index contributed by atoms with van der Waals surface area (Å²) in [7, 11) is 0. The number of hydrogen-bond acceptors (Lipinski definition) is 8. The van der Waals surface area contributed by atoms with Crippen LogP contribution in [-0.4, -0.2) is 78.3 Å². The standard InChI is InChI=1S/C26H28N10O2/c1-17(37)33-9-7-19(12-33)22-11-23(24-25(27)28-14-31-36(22)24)34-8-3-5-20(13-34)32-26(38)18-4-2-6-21(10-18)35-15-29-30-16-35/h2,4,6-7,10-11,14-16,20H,3,5,8-9,12-13H2,1H3,(H,32,38)(H2,27,28,31)/t20-/m1/s1. The highest BCUT2D eigenvalue weighted by Gasteiger charge is 2.28. The first kappa shape index (κ1) is 23.6. The maximum atomic E-state index is 13.2. The van der Waals surface area contributed by atoms with E-state index in [0.717, 1.165) is 47.5 Å². The molecule has 0 bridgehead atoms. The molecule has 0 radical (unpaired) electrons. The quantitative estimate of drug-likeness (QED) is 0.410. The van der Waals surface area contributed by atoms with Gasteiger partial charge in [0.25, 0.3) is 5.91 Å². The number of benzene rings is 1. The predicted octanol–water partition coefficient (Wildman–Crippen LogP) is 1.54. The van der Waals surface area contributed by atoms with Crippen LogP contribution >= 0.6 is 0 Å². The third kappa shape index (κ3) is 4.33. The lowest BCUT2D eigenvalue weighted by molar-refractivity contribution is -0.127. The first-order chi connectivity index (χ1) is 18.5. The molecule has 3 N–H and O–H groups in total. The molecule has 5 heterocycles. The normalized spacial score (nSPS) is 17.6. The second-order valence-corrected chi connectivity index (χ2v) is 9.63. The van der Waals surface area contributed by atoms with Gasteiger partial charge in [0.1, 0.15) is 24.5 Å². The molecule has 12 nitrogen and oxygen atoms in total. The molecule has 2 aliphatic rings. The summed E-state index contributed by atoms with van der Waals surface area (Å²) in [5.41, 5.74) is 11.3. The van der Waals surface area contributed by atoms with Crippen LogP contribution in [0.1, 0.15) is 35.8 Å². The number of nitrogens with zero attached hydrogens (tertiary/aromatic N) is 8. The zero-order chi connectivity index (χ0) is 26.2. The van der Waals surface area contributed by atoms with E-state index in [9.17, 15) is 9.59 Å². The number of rotatable bonds is 5.